The van der Waals surface area contributed by atoms with E-state index in [0.29, 0.717) is 34.7 Å². The summed E-state index contributed by atoms with van der Waals surface area (Å²) in [5.41, 5.74) is 2.05. The van der Waals surface area contributed by atoms with E-state index in [-0.39, 0.29) is 23.3 Å². The van der Waals surface area contributed by atoms with E-state index in [1.54, 1.807) is 31.2 Å². The summed E-state index contributed by atoms with van der Waals surface area (Å²) in [7, 11) is 2.14. The first-order valence-electron chi connectivity index (χ1n) is 9.64. The number of nitrogens with zero attached hydrogens (tertiary/aromatic N) is 1. The van der Waals surface area contributed by atoms with Crippen LogP contribution in [-0.2, 0) is 4.79 Å². The number of Topliss-reactive ketones (excluding diaryl/α,β-unsaturated/α-hetero) is 3. The quantitative estimate of drug-likeness (QED) is 0.837. The fourth-order valence-corrected chi connectivity index (χ4v) is 4.92. The van der Waals surface area contributed by atoms with Gasteiger partial charge in [-0.2, -0.15) is 0 Å². The summed E-state index contributed by atoms with van der Waals surface area (Å²) in [4.78, 5) is 41.2. The van der Waals surface area contributed by atoms with Crippen LogP contribution in [0.4, 0.5) is 0 Å². The number of carbonyl (C=O) groups excluding carboxylic acids is 3. The Morgan fingerprint density at radius 1 is 1.00 bits per heavy atom. The first kappa shape index (κ1) is 17.3. The van der Waals surface area contributed by atoms with Gasteiger partial charge in [-0.15, -0.1) is 0 Å². The van der Waals surface area contributed by atoms with Gasteiger partial charge < -0.3 is 4.90 Å². The highest BCUT2D eigenvalue weighted by atomic mass is 16.1. The standard InChI is InChI=1S/C22H25NO3/c1-13-18(24)12-14(9-10-15-6-5-11-23(15)2)20-19(13)21(25)16-7-3-4-8-17(16)22(20)26/h3-4,7-8,13-15H,5-6,9-12H2,1-2H3. The van der Waals surface area contributed by atoms with E-state index in [1.165, 1.54) is 12.8 Å². The average molecular weight is 351 g/mol. The Morgan fingerprint density at radius 3 is 2.27 bits per heavy atom. The second-order valence-corrected chi connectivity index (χ2v) is 7.97. The van der Waals surface area contributed by atoms with E-state index in [2.05, 4.69) is 11.9 Å². The predicted molar refractivity (Wildman–Crippen MR) is 99.3 cm³/mol. The molecule has 3 atom stereocenters. The number of ketones is 3. The highest BCUT2D eigenvalue weighted by Crippen LogP contribution is 2.42. The van der Waals surface area contributed by atoms with Crippen molar-refractivity contribution in [3.8, 4) is 0 Å². The SMILES string of the molecule is CC1C(=O)CC(CCC2CCCN2C)C2=C1C(=O)c1ccccc1C2=O. The van der Waals surface area contributed by atoms with E-state index < -0.39 is 5.92 Å². The molecule has 3 aliphatic rings. The van der Waals surface area contributed by atoms with Crippen LogP contribution in [0.2, 0.25) is 0 Å². The third-order valence-corrected chi connectivity index (χ3v) is 6.49. The molecular formula is C22H25NO3. The van der Waals surface area contributed by atoms with Gasteiger partial charge in [0.15, 0.2) is 11.6 Å². The molecule has 1 saturated heterocycles. The van der Waals surface area contributed by atoms with Gasteiger partial charge in [0, 0.05) is 40.7 Å². The van der Waals surface area contributed by atoms with Gasteiger partial charge in [-0.05, 0) is 45.2 Å². The number of hydrogen-bond acceptors (Lipinski definition) is 4. The number of likely N-dealkylation sites (tertiary alicyclic amines) is 1. The molecule has 1 aromatic carbocycles. The molecular weight excluding hydrogens is 326 g/mol. The third-order valence-electron chi connectivity index (χ3n) is 6.49. The van der Waals surface area contributed by atoms with Crippen LogP contribution in [-0.4, -0.2) is 41.9 Å². The molecule has 3 unspecified atom stereocenters. The van der Waals surface area contributed by atoms with E-state index in [0.717, 1.165) is 19.4 Å². The molecule has 0 bridgehead atoms. The second-order valence-electron chi connectivity index (χ2n) is 7.97. The summed E-state index contributed by atoms with van der Waals surface area (Å²) < 4.78 is 0. The van der Waals surface area contributed by atoms with Crippen molar-refractivity contribution in [3.63, 3.8) is 0 Å². The molecule has 1 aliphatic heterocycles. The largest absolute Gasteiger partial charge is 0.303 e. The molecule has 4 heteroatoms. The topological polar surface area (TPSA) is 54.5 Å². The Morgan fingerprint density at radius 2 is 1.65 bits per heavy atom. The molecule has 1 fully saturated rings. The van der Waals surface area contributed by atoms with Crippen LogP contribution in [0.15, 0.2) is 35.4 Å². The van der Waals surface area contributed by atoms with Gasteiger partial charge in [0.2, 0.25) is 0 Å². The summed E-state index contributed by atoms with van der Waals surface area (Å²) in [6.45, 7) is 2.89. The van der Waals surface area contributed by atoms with Gasteiger partial charge in [-0.1, -0.05) is 31.2 Å². The van der Waals surface area contributed by atoms with Gasteiger partial charge >= 0.3 is 0 Å². The fourth-order valence-electron chi connectivity index (χ4n) is 4.92. The molecule has 26 heavy (non-hydrogen) atoms. The highest BCUT2D eigenvalue weighted by Gasteiger charge is 2.43. The maximum atomic E-state index is 13.2. The summed E-state index contributed by atoms with van der Waals surface area (Å²) >= 11 is 0. The van der Waals surface area contributed by atoms with E-state index >= 15 is 0 Å². The molecule has 0 N–H and O–H groups in total. The summed E-state index contributed by atoms with van der Waals surface area (Å²) in [5, 5.41) is 0. The van der Waals surface area contributed by atoms with Crippen LogP contribution in [0.5, 0.6) is 0 Å². The third kappa shape index (κ3) is 2.67. The summed E-state index contributed by atoms with van der Waals surface area (Å²) in [6.07, 6.45) is 4.55. The fraction of sp³-hybridized carbons (Fsp3) is 0.500. The Kier molecular flexibility index (Phi) is 4.39. The van der Waals surface area contributed by atoms with E-state index in [4.69, 9.17) is 0 Å². The Labute approximate surface area is 154 Å². The van der Waals surface area contributed by atoms with Crippen LogP contribution in [0.1, 0.15) is 59.7 Å². The van der Waals surface area contributed by atoms with Crippen LogP contribution >= 0.6 is 0 Å². The van der Waals surface area contributed by atoms with Crippen LogP contribution in [0, 0.1) is 11.8 Å². The zero-order chi connectivity index (χ0) is 18.4. The average Bonchev–Trinajstić information content (AvgIpc) is 3.05. The molecule has 0 spiro atoms. The van der Waals surface area contributed by atoms with Gasteiger partial charge in [0.05, 0.1) is 0 Å². The van der Waals surface area contributed by atoms with Crippen molar-refractivity contribution in [2.45, 2.75) is 45.1 Å². The van der Waals surface area contributed by atoms with Gasteiger partial charge in [0.1, 0.15) is 5.78 Å². The minimum absolute atomic E-state index is 0.0423. The lowest BCUT2D eigenvalue weighted by Crippen LogP contribution is -2.37. The number of fused-ring (bicyclic) bond motifs is 1. The number of benzene rings is 1. The second kappa shape index (κ2) is 6.58. The number of rotatable bonds is 3. The van der Waals surface area contributed by atoms with Crippen molar-refractivity contribution >= 4 is 17.3 Å². The minimum Gasteiger partial charge on any atom is -0.303 e. The molecule has 4 nitrogen and oxygen atoms in total. The van der Waals surface area contributed by atoms with Crippen LogP contribution in [0.3, 0.4) is 0 Å². The monoisotopic (exact) mass is 351 g/mol. The van der Waals surface area contributed by atoms with Gasteiger partial charge in [0.25, 0.3) is 0 Å². The van der Waals surface area contributed by atoms with Gasteiger partial charge in [-0.3, -0.25) is 14.4 Å². The summed E-state index contributed by atoms with van der Waals surface area (Å²) in [6, 6.07) is 7.54. The van der Waals surface area contributed by atoms with Gasteiger partial charge in [-0.25, -0.2) is 0 Å². The lowest BCUT2D eigenvalue weighted by atomic mass is 9.67. The summed E-state index contributed by atoms with van der Waals surface area (Å²) in [5.74, 6) is -0.667. The molecule has 136 valence electrons. The van der Waals surface area contributed by atoms with Crippen molar-refractivity contribution in [1.29, 1.82) is 0 Å². The smallest absolute Gasteiger partial charge is 0.190 e. The number of allylic oxidation sites excluding steroid dienone is 2. The first-order chi connectivity index (χ1) is 12.5. The molecule has 4 rings (SSSR count). The van der Waals surface area contributed by atoms with Crippen molar-refractivity contribution in [2.24, 2.45) is 11.8 Å². The Bertz CT molecular complexity index is 822. The lowest BCUT2D eigenvalue weighted by molar-refractivity contribution is -0.122. The molecule has 0 amide bonds. The zero-order valence-corrected chi connectivity index (χ0v) is 15.5. The molecule has 1 heterocycles. The van der Waals surface area contributed by atoms with Crippen molar-refractivity contribution in [1.82, 2.24) is 4.90 Å². The zero-order valence-electron chi connectivity index (χ0n) is 15.5. The van der Waals surface area contributed by atoms with Crippen LogP contribution in [0.25, 0.3) is 0 Å². The molecule has 1 aromatic rings. The number of hydrogen-bond donors (Lipinski definition) is 0. The van der Waals surface area contributed by atoms with Crippen molar-refractivity contribution < 1.29 is 14.4 Å². The van der Waals surface area contributed by atoms with Crippen molar-refractivity contribution in [3.05, 3.63) is 46.5 Å². The maximum Gasteiger partial charge on any atom is 0.190 e. The number of carbonyl (C=O) groups is 3. The molecule has 0 radical (unpaired) electrons. The van der Waals surface area contributed by atoms with Crippen LogP contribution < -0.4 is 0 Å². The van der Waals surface area contributed by atoms with Crippen molar-refractivity contribution in [2.75, 3.05) is 13.6 Å². The molecule has 0 aromatic heterocycles. The highest BCUT2D eigenvalue weighted by molar-refractivity contribution is 6.29. The van der Waals surface area contributed by atoms with E-state index in [9.17, 15) is 14.4 Å². The Hall–Kier alpha value is -2.07. The first-order valence-corrected chi connectivity index (χ1v) is 9.64. The predicted octanol–water partition coefficient (Wildman–Crippen LogP) is 3.46. The maximum absolute atomic E-state index is 13.2. The molecule has 0 saturated carbocycles. The van der Waals surface area contributed by atoms with E-state index in [1.807, 2.05) is 0 Å². The minimum atomic E-state index is -0.472. The lowest BCUT2D eigenvalue weighted by Gasteiger charge is -2.34. The Balaban J connectivity index is 1.69. The molecule has 2 aliphatic carbocycles. The normalized spacial score (nSPS) is 29.2.